The lowest BCUT2D eigenvalue weighted by Crippen LogP contribution is -2.35. The summed E-state index contributed by atoms with van der Waals surface area (Å²) >= 11 is 1.41. The molecule has 1 aliphatic rings. The molecule has 0 spiro atoms. The summed E-state index contributed by atoms with van der Waals surface area (Å²) < 4.78 is 10.4. The summed E-state index contributed by atoms with van der Waals surface area (Å²) in [6.45, 7) is 4.33. The van der Waals surface area contributed by atoms with E-state index in [0.717, 1.165) is 16.0 Å². The number of carbonyl (C=O) groups excluding carboxylic acids is 2. The van der Waals surface area contributed by atoms with Crippen molar-refractivity contribution >= 4 is 23.2 Å². The third-order valence-corrected chi connectivity index (χ3v) is 6.12. The molecule has 1 fully saturated rings. The molecule has 156 valence electrons. The average Bonchev–Trinajstić information content (AvgIpc) is 3.44. The molecule has 2 aromatic heterocycles. The van der Waals surface area contributed by atoms with E-state index in [1.54, 1.807) is 20.0 Å². The number of aryl methyl sites for hydroxylation is 1. The smallest absolute Gasteiger partial charge is 0.358 e. The fourth-order valence-electron chi connectivity index (χ4n) is 3.41. The number of rotatable bonds is 5. The number of hydrogen-bond donors (Lipinski definition) is 1. The van der Waals surface area contributed by atoms with Gasteiger partial charge in [0.05, 0.1) is 6.61 Å². The van der Waals surface area contributed by atoms with E-state index in [9.17, 15) is 14.7 Å². The zero-order chi connectivity index (χ0) is 21.5. The monoisotopic (exact) mass is 427 g/mol. The van der Waals surface area contributed by atoms with Crippen LogP contribution in [0.1, 0.15) is 34.5 Å². The highest BCUT2D eigenvalue weighted by molar-refractivity contribution is 7.15. The van der Waals surface area contributed by atoms with Crippen LogP contribution in [0.5, 0.6) is 0 Å². The first kappa shape index (κ1) is 20.2. The number of aromatic nitrogens is 2. The van der Waals surface area contributed by atoms with Gasteiger partial charge >= 0.3 is 5.97 Å². The molecule has 0 radical (unpaired) electrons. The molecular formula is C21H21N3O5S. The summed E-state index contributed by atoms with van der Waals surface area (Å²) in [6.07, 6.45) is 0.256. The van der Waals surface area contributed by atoms with Crippen LogP contribution in [0.4, 0.5) is 0 Å². The molecule has 1 atom stereocenters. The summed E-state index contributed by atoms with van der Waals surface area (Å²) in [5, 5.41) is 15.5. The Bertz CT molecular complexity index is 1120. The lowest BCUT2D eigenvalue weighted by atomic mass is 9.98. The highest BCUT2D eigenvalue weighted by Crippen LogP contribution is 2.36. The first-order valence-corrected chi connectivity index (χ1v) is 10.4. The van der Waals surface area contributed by atoms with Crippen LogP contribution in [0.3, 0.4) is 0 Å². The van der Waals surface area contributed by atoms with Crippen molar-refractivity contribution in [3.63, 3.8) is 0 Å². The van der Waals surface area contributed by atoms with Gasteiger partial charge in [0, 0.05) is 42.1 Å². The second kappa shape index (κ2) is 7.66. The van der Waals surface area contributed by atoms with Gasteiger partial charge in [-0.1, -0.05) is 23.4 Å². The summed E-state index contributed by atoms with van der Waals surface area (Å²) in [6, 6.07) is 9.06. The molecule has 8 nitrogen and oxygen atoms in total. The Hall–Kier alpha value is -3.04. The molecule has 3 aromatic rings. The molecule has 1 N–H and O–H groups in total. The second-order valence-electron chi connectivity index (χ2n) is 7.14. The molecule has 1 saturated heterocycles. The first-order chi connectivity index (χ1) is 14.3. The van der Waals surface area contributed by atoms with E-state index in [-0.39, 0.29) is 12.2 Å². The fourth-order valence-corrected chi connectivity index (χ4v) is 4.31. The van der Waals surface area contributed by atoms with Gasteiger partial charge in [-0.25, -0.2) is 9.78 Å². The molecule has 0 saturated carbocycles. The zero-order valence-electron chi connectivity index (χ0n) is 16.8. The number of carbonyl (C=O) groups is 2. The maximum Gasteiger partial charge on any atom is 0.358 e. The van der Waals surface area contributed by atoms with Gasteiger partial charge in [0.25, 0.3) is 5.91 Å². The standard InChI is InChI=1S/C21H21N3O5S/c1-4-28-19(25)17-12(2)30-18(22-17)14-7-5-6-13(10-14)15-11-16(29-23-15)21(27)8-9-24(3)20(21)26/h5-7,10-11,27H,4,8-9H2,1-3H3. The van der Waals surface area contributed by atoms with E-state index >= 15 is 0 Å². The number of likely N-dealkylation sites (N-methyl/N-ethyl adjacent to an activating group) is 1. The maximum absolute atomic E-state index is 12.3. The van der Waals surface area contributed by atoms with E-state index < -0.39 is 17.5 Å². The highest BCUT2D eigenvalue weighted by atomic mass is 32.1. The van der Waals surface area contributed by atoms with Crippen molar-refractivity contribution in [3.05, 3.63) is 46.7 Å². The van der Waals surface area contributed by atoms with Crippen molar-refractivity contribution in [1.82, 2.24) is 15.0 Å². The van der Waals surface area contributed by atoms with E-state index in [1.807, 2.05) is 31.2 Å². The molecule has 3 heterocycles. The number of nitrogens with zero attached hydrogens (tertiary/aromatic N) is 3. The predicted molar refractivity (Wildman–Crippen MR) is 110 cm³/mol. The normalized spacial score (nSPS) is 18.8. The van der Waals surface area contributed by atoms with Gasteiger partial charge < -0.3 is 19.3 Å². The topological polar surface area (TPSA) is 106 Å². The summed E-state index contributed by atoms with van der Waals surface area (Å²) in [7, 11) is 1.64. The summed E-state index contributed by atoms with van der Waals surface area (Å²) in [5.41, 5.74) is 0.698. The van der Waals surface area contributed by atoms with Gasteiger partial charge in [-0.05, 0) is 19.9 Å². The molecule has 9 heteroatoms. The molecule has 1 aromatic carbocycles. The third-order valence-electron chi connectivity index (χ3n) is 5.10. The Morgan fingerprint density at radius 3 is 2.83 bits per heavy atom. The Kier molecular flexibility index (Phi) is 5.17. The van der Waals surface area contributed by atoms with Crippen LogP contribution in [0.2, 0.25) is 0 Å². The number of benzene rings is 1. The van der Waals surface area contributed by atoms with Crippen LogP contribution in [-0.4, -0.2) is 52.2 Å². The first-order valence-electron chi connectivity index (χ1n) is 9.54. The Morgan fingerprint density at radius 1 is 1.37 bits per heavy atom. The molecule has 1 amide bonds. The number of thiazole rings is 1. The molecule has 0 bridgehead atoms. The highest BCUT2D eigenvalue weighted by Gasteiger charge is 2.48. The zero-order valence-corrected chi connectivity index (χ0v) is 17.7. The van der Waals surface area contributed by atoms with Gasteiger partial charge in [0.2, 0.25) is 5.60 Å². The number of amides is 1. The quantitative estimate of drug-likeness (QED) is 0.624. The third kappa shape index (κ3) is 3.40. The SMILES string of the molecule is CCOC(=O)c1nc(-c2cccc(-c3cc(C4(O)CCN(C)C4=O)on3)c2)sc1C. The minimum absolute atomic E-state index is 0.131. The number of aliphatic hydroxyl groups is 1. The number of likely N-dealkylation sites (tertiary alicyclic amines) is 1. The lowest BCUT2D eigenvalue weighted by Gasteiger charge is -2.16. The van der Waals surface area contributed by atoms with Gasteiger partial charge in [0.1, 0.15) is 10.7 Å². The molecule has 4 rings (SSSR count). The number of hydrogen-bond acceptors (Lipinski definition) is 8. The van der Waals surface area contributed by atoms with Crippen LogP contribution >= 0.6 is 11.3 Å². The van der Waals surface area contributed by atoms with Crippen LogP contribution in [0.15, 0.2) is 34.9 Å². The van der Waals surface area contributed by atoms with Gasteiger partial charge in [-0.3, -0.25) is 4.79 Å². The average molecular weight is 427 g/mol. The number of ether oxygens (including phenoxy) is 1. The Labute approximate surface area is 177 Å². The molecular weight excluding hydrogens is 406 g/mol. The Balaban J connectivity index is 1.64. The summed E-state index contributed by atoms with van der Waals surface area (Å²) in [4.78, 5) is 31.0. The fraction of sp³-hybridized carbons (Fsp3) is 0.333. The van der Waals surface area contributed by atoms with Crippen molar-refractivity contribution in [2.24, 2.45) is 0 Å². The molecule has 30 heavy (non-hydrogen) atoms. The van der Waals surface area contributed by atoms with E-state index in [1.165, 1.54) is 16.2 Å². The van der Waals surface area contributed by atoms with Crippen LogP contribution < -0.4 is 0 Å². The molecule has 1 unspecified atom stereocenters. The molecule has 0 aliphatic carbocycles. The lowest BCUT2D eigenvalue weighted by molar-refractivity contribution is -0.144. The van der Waals surface area contributed by atoms with Crippen molar-refractivity contribution in [3.8, 4) is 21.8 Å². The van der Waals surface area contributed by atoms with Crippen LogP contribution in [-0.2, 0) is 15.1 Å². The Morgan fingerprint density at radius 2 is 2.13 bits per heavy atom. The van der Waals surface area contributed by atoms with E-state index in [0.29, 0.717) is 29.5 Å². The van der Waals surface area contributed by atoms with E-state index in [2.05, 4.69) is 10.1 Å². The predicted octanol–water partition coefficient (Wildman–Crippen LogP) is 3.00. The summed E-state index contributed by atoms with van der Waals surface area (Å²) in [5.74, 6) is -0.704. The van der Waals surface area contributed by atoms with Crippen molar-refractivity contribution in [1.29, 1.82) is 0 Å². The van der Waals surface area contributed by atoms with Crippen LogP contribution in [0, 0.1) is 6.92 Å². The second-order valence-corrected chi connectivity index (χ2v) is 8.34. The van der Waals surface area contributed by atoms with Crippen molar-refractivity contribution in [2.45, 2.75) is 25.9 Å². The van der Waals surface area contributed by atoms with Crippen molar-refractivity contribution < 1.29 is 24.0 Å². The maximum atomic E-state index is 12.3. The minimum Gasteiger partial charge on any atom is -0.461 e. The number of esters is 1. The largest absolute Gasteiger partial charge is 0.461 e. The van der Waals surface area contributed by atoms with E-state index in [4.69, 9.17) is 9.26 Å². The molecule has 1 aliphatic heterocycles. The minimum atomic E-state index is -1.68. The van der Waals surface area contributed by atoms with Gasteiger partial charge in [0.15, 0.2) is 11.5 Å². The van der Waals surface area contributed by atoms with Crippen LogP contribution in [0.25, 0.3) is 21.8 Å². The van der Waals surface area contributed by atoms with Gasteiger partial charge in [-0.2, -0.15) is 0 Å². The van der Waals surface area contributed by atoms with Gasteiger partial charge in [-0.15, -0.1) is 11.3 Å². The van der Waals surface area contributed by atoms with Crippen molar-refractivity contribution in [2.75, 3.05) is 20.2 Å².